The van der Waals surface area contributed by atoms with Crippen LogP contribution in [-0.2, 0) is 4.79 Å². The summed E-state index contributed by atoms with van der Waals surface area (Å²) >= 11 is 6.32. The highest BCUT2D eigenvalue weighted by molar-refractivity contribution is 6.33. The molecular formula is C20H19Cl2N5O. The molecule has 0 radical (unpaired) electrons. The van der Waals surface area contributed by atoms with Crippen LogP contribution in [0.1, 0.15) is 18.4 Å². The Hall–Kier alpha value is -2.59. The number of nitrogens with one attached hydrogen (secondary N) is 3. The Morgan fingerprint density at radius 1 is 1.29 bits per heavy atom. The summed E-state index contributed by atoms with van der Waals surface area (Å²) in [7, 11) is 1.91. The maximum atomic E-state index is 12.4. The Balaban J connectivity index is 0.00000225. The quantitative estimate of drug-likeness (QED) is 0.597. The first-order chi connectivity index (χ1) is 13.1. The van der Waals surface area contributed by atoms with Crippen LogP contribution in [0.5, 0.6) is 0 Å². The third-order valence-electron chi connectivity index (χ3n) is 5.13. The van der Waals surface area contributed by atoms with Gasteiger partial charge in [-0.1, -0.05) is 17.7 Å². The molecule has 1 heterocycles. The molecule has 1 aliphatic carbocycles. The average Bonchev–Trinajstić information content (AvgIpc) is 3.03. The molecule has 1 fully saturated rings. The molecule has 6 nitrogen and oxygen atoms in total. The first-order valence-electron chi connectivity index (χ1n) is 8.75. The number of aromatic nitrogens is 2. The van der Waals surface area contributed by atoms with Crippen molar-refractivity contribution in [1.29, 1.82) is 5.26 Å². The van der Waals surface area contributed by atoms with Gasteiger partial charge in [-0.25, -0.2) is 0 Å². The van der Waals surface area contributed by atoms with Gasteiger partial charge in [0.15, 0.2) is 5.82 Å². The number of carbonyl (C=O) groups excluding carboxylic acids is 1. The molecule has 1 aliphatic rings. The van der Waals surface area contributed by atoms with E-state index in [0.717, 1.165) is 34.9 Å². The van der Waals surface area contributed by atoms with Crippen molar-refractivity contribution in [2.45, 2.75) is 18.9 Å². The molecule has 3 aromatic rings. The summed E-state index contributed by atoms with van der Waals surface area (Å²) in [5, 5.41) is 23.8. The van der Waals surface area contributed by atoms with Crippen LogP contribution in [0.3, 0.4) is 0 Å². The molecule has 0 spiro atoms. The van der Waals surface area contributed by atoms with E-state index < -0.39 is 0 Å². The Kier molecular flexibility index (Phi) is 5.90. The van der Waals surface area contributed by atoms with Gasteiger partial charge in [0.25, 0.3) is 0 Å². The van der Waals surface area contributed by atoms with Crippen LogP contribution in [0, 0.1) is 17.2 Å². The second kappa shape index (κ2) is 8.19. The Morgan fingerprint density at radius 2 is 2.07 bits per heavy atom. The van der Waals surface area contributed by atoms with Gasteiger partial charge in [-0.15, -0.1) is 12.4 Å². The van der Waals surface area contributed by atoms with E-state index in [4.69, 9.17) is 16.9 Å². The lowest BCUT2D eigenvalue weighted by atomic mass is 9.80. The maximum Gasteiger partial charge on any atom is 0.228 e. The van der Waals surface area contributed by atoms with Crippen LogP contribution in [0.2, 0.25) is 5.02 Å². The SMILES string of the molecule is CNC1CC(C(=O)Nc2n[nH]c3ccc(-c4cc(C#N)ccc4Cl)cc23)C1.Cl. The largest absolute Gasteiger partial charge is 0.317 e. The molecule has 0 unspecified atom stereocenters. The van der Waals surface area contributed by atoms with Gasteiger partial charge in [0.1, 0.15) is 0 Å². The number of nitriles is 1. The molecule has 3 N–H and O–H groups in total. The second-order valence-corrected chi connectivity index (χ2v) is 7.19. The topological polar surface area (TPSA) is 93.6 Å². The molecule has 1 aromatic heterocycles. The smallest absolute Gasteiger partial charge is 0.228 e. The number of halogens is 2. The van der Waals surface area contributed by atoms with Gasteiger partial charge < -0.3 is 10.6 Å². The third-order valence-corrected chi connectivity index (χ3v) is 5.46. The van der Waals surface area contributed by atoms with Crippen LogP contribution >= 0.6 is 24.0 Å². The zero-order valence-electron chi connectivity index (χ0n) is 15.1. The third kappa shape index (κ3) is 3.69. The van der Waals surface area contributed by atoms with E-state index in [1.54, 1.807) is 18.2 Å². The molecule has 28 heavy (non-hydrogen) atoms. The van der Waals surface area contributed by atoms with Crippen molar-refractivity contribution in [1.82, 2.24) is 15.5 Å². The summed E-state index contributed by atoms with van der Waals surface area (Å²) in [6.45, 7) is 0. The number of amides is 1. The van der Waals surface area contributed by atoms with Gasteiger partial charge in [0.05, 0.1) is 17.1 Å². The molecule has 1 saturated carbocycles. The van der Waals surface area contributed by atoms with Crippen molar-refractivity contribution in [2.24, 2.45) is 5.92 Å². The van der Waals surface area contributed by atoms with E-state index in [0.29, 0.717) is 22.4 Å². The van der Waals surface area contributed by atoms with Crippen molar-refractivity contribution in [3.63, 3.8) is 0 Å². The molecule has 0 saturated heterocycles. The van der Waals surface area contributed by atoms with Crippen LogP contribution in [-0.4, -0.2) is 29.2 Å². The molecular weight excluding hydrogens is 397 g/mol. The average molecular weight is 416 g/mol. The summed E-state index contributed by atoms with van der Waals surface area (Å²) in [5.41, 5.74) is 3.00. The summed E-state index contributed by atoms with van der Waals surface area (Å²) in [6, 6.07) is 13.4. The summed E-state index contributed by atoms with van der Waals surface area (Å²) in [5.74, 6) is 0.515. The van der Waals surface area contributed by atoms with Gasteiger partial charge in [0, 0.05) is 27.9 Å². The highest BCUT2D eigenvalue weighted by Gasteiger charge is 2.33. The van der Waals surface area contributed by atoms with E-state index in [2.05, 4.69) is 26.9 Å². The van der Waals surface area contributed by atoms with E-state index in [1.165, 1.54) is 0 Å². The number of anilines is 1. The van der Waals surface area contributed by atoms with Crippen LogP contribution in [0.15, 0.2) is 36.4 Å². The van der Waals surface area contributed by atoms with Crippen LogP contribution in [0.4, 0.5) is 5.82 Å². The van der Waals surface area contributed by atoms with Gasteiger partial charge in [-0.05, 0) is 55.8 Å². The molecule has 1 amide bonds. The minimum Gasteiger partial charge on any atom is -0.317 e. The molecule has 0 atom stereocenters. The van der Waals surface area contributed by atoms with Crippen molar-refractivity contribution in [3.8, 4) is 17.2 Å². The molecule has 4 rings (SSSR count). The lowest BCUT2D eigenvalue weighted by molar-refractivity contribution is -0.122. The summed E-state index contributed by atoms with van der Waals surface area (Å²) in [6.07, 6.45) is 1.68. The number of fused-ring (bicyclic) bond motifs is 1. The van der Waals surface area contributed by atoms with Crippen molar-refractivity contribution < 1.29 is 4.79 Å². The number of aromatic amines is 1. The first kappa shape index (κ1) is 20.2. The fourth-order valence-electron chi connectivity index (χ4n) is 3.38. The number of rotatable bonds is 4. The highest BCUT2D eigenvalue weighted by Crippen LogP contribution is 2.33. The number of hydrogen-bond acceptors (Lipinski definition) is 4. The predicted octanol–water partition coefficient (Wildman–Crippen LogP) is 4.11. The molecule has 2 aromatic carbocycles. The zero-order chi connectivity index (χ0) is 19.0. The maximum absolute atomic E-state index is 12.4. The first-order valence-corrected chi connectivity index (χ1v) is 9.13. The van der Waals surface area contributed by atoms with Crippen molar-refractivity contribution in [3.05, 3.63) is 47.0 Å². The lowest BCUT2D eigenvalue weighted by Gasteiger charge is -2.33. The fraction of sp³-hybridized carbons (Fsp3) is 0.250. The summed E-state index contributed by atoms with van der Waals surface area (Å²) in [4.78, 5) is 12.4. The number of hydrogen-bond donors (Lipinski definition) is 3. The number of benzene rings is 2. The predicted molar refractivity (Wildman–Crippen MR) is 113 cm³/mol. The normalized spacial score (nSPS) is 18.0. The zero-order valence-corrected chi connectivity index (χ0v) is 16.7. The number of H-pyrrole nitrogens is 1. The van der Waals surface area contributed by atoms with Gasteiger partial charge in [-0.2, -0.15) is 10.4 Å². The van der Waals surface area contributed by atoms with E-state index in [9.17, 15) is 4.79 Å². The minimum absolute atomic E-state index is 0. The molecule has 144 valence electrons. The van der Waals surface area contributed by atoms with Crippen molar-refractivity contribution in [2.75, 3.05) is 12.4 Å². The van der Waals surface area contributed by atoms with E-state index in [-0.39, 0.29) is 24.2 Å². The Bertz CT molecular complexity index is 1070. The lowest BCUT2D eigenvalue weighted by Crippen LogP contribution is -2.44. The fourth-order valence-corrected chi connectivity index (χ4v) is 3.61. The van der Waals surface area contributed by atoms with Gasteiger partial charge >= 0.3 is 0 Å². The van der Waals surface area contributed by atoms with Gasteiger partial charge in [0.2, 0.25) is 5.91 Å². The summed E-state index contributed by atoms with van der Waals surface area (Å²) < 4.78 is 0. The monoisotopic (exact) mass is 415 g/mol. The van der Waals surface area contributed by atoms with Crippen molar-refractivity contribution >= 4 is 46.6 Å². The Morgan fingerprint density at radius 3 is 2.79 bits per heavy atom. The van der Waals surface area contributed by atoms with Crippen LogP contribution < -0.4 is 10.6 Å². The standard InChI is InChI=1S/C20H18ClN5O.ClH/c1-23-14-7-13(8-14)20(27)24-19-16-9-12(3-5-18(16)25-26-19)15-6-11(10-22)2-4-17(15)21;/h2-6,9,13-14,23H,7-8H2,1H3,(H2,24,25,26,27);1H. The number of nitrogens with zero attached hydrogens (tertiary/aromatic N) is 2. The number of carbonyl (C=O) groups is 1. The van der Waals surface area contributed by atoms with Gasteiger partial charge in [-0.3, -0.25) is 9.89 Å². The molecule has 8 heteroatoms. The van der Waals surface area contributed by atoms with Crippen LogP contribution in [0.25, 0.3) is 22.0 Å². The molecule has 0 aliphatic heterocycles. The van der Waals surface area contributed by atoms with E-state index in [1.807, 2.05) is 25.2 Å². The van der Waals surface area contributed by atoms with E-state index >= 15 is 0 Å². The second-order valence-electron chi connectivity index (χ2n) is 6.78. The minimum atomic E-state index is -0.00943. The highest BCUT2D eigenvalue weighted by atomic mass is 35.5. The molecule has 0 bridgehead atoms. The Labute approximate surface area is 173 Å².